The summed E-state index contributed by atoms with van der Waals surface area (Å²) in [5.41, 5.74) is 5.22. The van der Waals surface area contributed by atoms with E-state index < -0.39 is 0 Å². The number of anilines is 1. The Balaban J connectivity index is 1.84. The largest absolute Gasteiger partial charge is 0.381 e. The smallest absolute Gasteiger partial charge is 0.139 e. The molecule has 0 saturated heterocycles. The molecule has 0 aliphatic rings. The zero-order chi connectivity index (χ0) is 13.5. The van der Waals surface area contributed by atoms with Crippen LogP contribution in [0.1, 0.15) is 12.5 Å². The monoisotopic (exact) mass is 249 g/mol. The second-order valence-corrected chi connectivity index (χ2v) is 4.96. The molecule has 0 aromatic heterocycles. The summed E-state index contributed by atoms with van der Waals surface area (Å²) in [5.74, 6) is 0. The van der Waals surface area contributed by atoms with Gasteiger partial charge in [-0.05, 0) is 31.0 Å². The Hall–Kier alpha value is -1.96. The van der Waals surface area contributed by atoms with Crippen LogP contribution < -0.4 is 10.8 Å². The highest BCUT2D eigenvalue weighted by Crippen LogP contribution is 2.07. The standard InChI is InChI=1S/C17H20BN/c1-14(13-19-17-5-3-2-4-6-17)7-8-15-9-11-16(18)12-10-15/h2-7,9-12,19H,8,13,18H2,1H3/b14-7-. The van der Waals surface area contributed by atoms with Crippen molar-refractivity contribution in [1.29, 1.82) is 0 Å². The number of para-hydroxylation sites is 1. The van der Waals surface area contributed by atoms with Crippen LogP contribution in [0.25, 0.3) is 0 Å². The van der Waals surface area contributed by atoms with Gasteiger partial charge in [-0.1, -0.05) is 59.6 Å². The van der Waals surface area contributed by atoms with Gasteiger partial charge in [-0.15, -0.1) is 0 Å². The van der Waals surface area contributed by atoms with Gasteiger partial charge in [0.15, 0.2) is 0 Å². The van der Waals surface area contributed by atoms with Crippen LogP contribution in [-0.2, 0) is 6.42 Å². The van der Waals surface area contributed by atoms with E-state index in [1.807, 2.05) is 18.2 Å². The van der Waals surface area contributed by atoms with Gasteiger partial charge in [-0.25, -0.2) is 0 Å². The van der Waals surface area contributed by atoms with Gasteiger partial charge >= 0.3 is 0 Å². The maximum Gasteiger partial charge on any atom is 0.139 e. The van der Waals surface area contributed by atoms with Gasteiger partial charge in [0.05, 0.1) is 0 Å². The highest BCUT2D eigenvalue weighted by molar-refractivity contribution is 6.32. The average molecular weight is 249 g/mol. The highest BCUT2D eigenvalue weighted by atomic mass is 14.9. The second-order valence-electron chi connectivity index (χ2n) is 4.96. The predicted octanol–water partition coefficient (Wildman–Crippen LogP) is 2.55. The molecular formula is C17H20BN. The number of hydrogen-bond donors (Lipinski definition) is 1. The lowest BCUT2D eigenvalue weighted by Crippen LogP contribution is -2.03. The fraction of sp³-hybridized carbons (Fsp3) is 0.176. The second kappa shape index (κ2) is 6.84. The molecule has 0 spiro atoms. The summed E-state index contributed by atoms with van der Waals surface area (Å²) in [6.07, 6.45) is 3.29. The van der Waals surface area contributed by atoms with Gasteiger partial charge in [-0.2, -0.15) is 0 Å². The third-order valence-electron chi connectivity index (χ3n) is 3.15. The fourth-order valence-corrected chi connectivity index (χ4v) is 1.89. The van der Waals surface area contributed by atoms with E-state index in [9.17, 15) is 0 Å². The Morgan fingerprint density at radius 3 is 2.42 bits per heavy atom. The first-order chi connectivity index (χ1) is 9.24. The fourth-order valence-electron chi connectivity index (χ4n) is 1.89. The summed E-state index contributed by atoms with van der Waals surface area (Å²) in [5, 5.41) is 3.42. The van der Waals surface area contributed by atoms with Crippen molar-refractivity contribution in [2.75, 3.05) is 11.9 Å². The molecule has 0 aliphatic heterocycles. The average Bonchev–Trinajstić information content (AvgIpc) is 2.45. The molecule has 1 nitrogen and oxygen atoms in total. The van der Waals surface area contributed by atoms with E-state index in [0.29, 0.717) is 0 Å². The summed E-state index contributed by atoms with van der Waals surface area (Å²) in [4.78, 5) is 0. The minimum Gasteiger partial charge on any atom is -0.381 e. The Kier molecular flexibility index (Phi) is 4.85. The molecule has 0 aliphatic carbocycles. The molecule has 0 saturated carbocycles. The van der Waals surface area contributed by atoms with Crippen molar-refractivity contribution in [1.82, 2.24) is 0 Å². The van der Waals surface area contributed by atoms with Crippen molar-refractivity contribution in [2.45, 2.75) is 13.3 Å². The Bertz CT molecular complexity index is 529. The zero-order valence-corrected chi connectivity index (χ0v) is 11.7. The minimum atomic E-state index is 0.899. The number of rotatable bonds is 5. The predicted molar refractivity (Wildman–Crippen MR) is 87.0 cm³/mol. The summed E-state index contributed by atoms with van der Waals surface area (Å²) in [6.45, 7) is 3.07. The van der Waals surface area contributed by atoms with Crippen LogP contribution in [-0.4, -0.2) is 14.4 Å². The zero-order valence-electron chi connectivity index (χ0n) is 11.7. The van der Waals surface area contributed by atoms with E-state index in [0.717, 1.165) is 13.0 Å². The summed E-state index contributed by atoms with van der Waals surface area (Å²) in [6, 6.07) is 19.0. The molecule has 96 valence electrons. The van der Waals surface area contributed by atoms with Crippen molar-refractivity contribution < 1.29 is 0 Å². The molecule has 0 atom stereocenters. The van der Waals surface area contributed by atoms with E-state index in [4.69, 9.17) is 0 Å². The van der Waals surface area contributed by atoms with Crippen LogP contribution >= 0.6 is 0 Å². The van der Waals surface area contributed by atoms with Crippen molar-refractivity contribution in [3.63, 3.8) is 0 Å². The molecule has 1 N–H and O–H groups in total. The first-order valence-electron chi connectivity index (χ1n) is 6.74. The maximum absolute atomic E-state index is 3.42. The molecule has 0 radical (unpaired) electrons. The lowest BCUT2D eigenvalue weighted by atomic mass is 9.94. The van der Waals surface area contributed by atoms with Gasteiger partial charge in [-0.3, -0.25) is 0 Å². The summed E-state index contributed by atoms with van der Waals surface area (Å²) in [7, 11) is 2.12. The molecule has 0 fully saturated rings. The molecule has 2 heteroatoms. The van der Waals surface area contributed by atoms with Gasteiger partial charge in [0.25, 0.3) is 0 Å². The van der Waals surface area contributed by atoms with Crippen molar-refractivity contribution >= 4 is 19.0 Å². The Labute approximate surface area is 116 Å². The van der Waals surface area contributed by atoms with E-state index in [-0.39, 0.29) is 0 Å². The molecule has 19 heavy (non-hydrogen) atoms. The Morgan fingerprint density at radius 2 is 1.74 bits per heavy atom. The van der Waals surface area contributed by atoms with Crippen LogP contribution in [0.5, 0.6) is 0 Å². The van der Waals surface area contributed by atoms with Crippen molar-refractivity contribution in [2.24, 2.45) is 0 Å². The highest BCUT2D eigenvalue weighted by Gasteiger charge is 1.93. The summed E-state index contributed by atoms with van der Waals surface area (Å²) < 4.78 is 0. The van der Waals surface area contributed by atoms with Gasteiger partial charge in [0, 0.05) is 12.2 Å². The van der Waals surface area contributed by atoms with Gasteiger partial charge in [0.2, 0.25) is 0 Å². The van der Waals surface area contributed by atoms with Crippen molar-refractivity contribution in [3.05, 3.63) is 71.8 Å². The van der Waals surface area contributed by atoms with Crippen LogP contribution in [0.3, 0.4) is 0 Å². The molecule has 0 amide bonds. The number of nitrogens with one attached hydrogen (secondary N) is 1. The van der Waals surface area contributed by atoms with E-state index in [1.165, 1.54) is 22.3 Å². The normalized spacial score (nSPS) is 11.3. The lowest BCUT2D eigenvalue weighted by molar-refractivity contribution is 1.15. The molecule has 0 heterocycles. The third-order valence-corrected chi connectivity index (χ3v) is 3.15. The molecule has 0 bridgehead atoms. The van der Waals surface area contributed by atoms with E-state index >= 15 is 0 Å². The molecule has 2 aromatic carbocycles. The molecule has 0 unspecified atom stereocenters. The molecular weight excluding hydrogens is 229 g/mol. The van der Waals surface area contributed by atoms with Gasteiger partial charge in [0.1, 0.15) is 7.85 Å². The topological polar surface area (TPSA) is 12.0 Å². The minimum absolute atomic E-state index is 0.899. The van der Waals surface area contributed by atoms with Crippen molar-refractivity contribution in [3.8, 4) is 0 Å². The first-order valence-corrected chi connectivity index (χ1v) is 6.74. The van der Waals surface area contributed by atoms with E-state index in [2.05, 4.69) is 62.6 Å². The SMILES string of the molecule is Bc1ccc(C/C=C(/C)CNc2ccccc2)cc1. The summed E-state index contributed by atoms with van der Waals surface area (Å²) >= 11 is 0. The quantitative estimate of drug-likeness (QED) is 0.634. The Morgan fingerprint density at radius 1 is 1.05 bits per heavy atom. The third kappa shape index (κ3) is 4.67. The van der Waals surface area contributed by atoms with Gasteiger partial charge < -0.3 is 5.32 Å². The van der Waals surface area contributed by atoms with Crippen LogP contribution in [0.4, 0.5) is 5.69 Å². The number of allylic oxidation sites excluding steroid dienone is 1. The molecule has 2 rings (SSSR count). The van der Waals surface area contributed by atoms with Crippen LogP contribution in [0.2, 0.25) is 0 Å². The molecule has 2 aromatic rings. The van der Waals surface area contributed by atoms with Crippen LogP contribution in [0, 0.1) is 0 Å². The lowest BCUT2D eigenvalue weighted by Gasteiger charge is -2.06. The van der Waals surface area contributed by atoms with Crippen LogP contribution in [0.15, 0.2) is 66.2 Å². The van der Waals surface area contributed by atoms with E-state index in [1.54, 1.807) is 0 Å². The number of hydrogen-bond acceptors (Lipinski definition) is 1. The first kappa shape index (κ1) is 13.5. The number of benzene rings is 2. The maximum atomic E-state index is 3.42.